The number of carboxylic acid groups (broad SMARTS) is 1. The van der Waals surface area contributed by atoms with Crippen LogP contribution in [-0.2, 0) is 9.59 Å². The summed E-state index contributed by atoms with van der Waals surface area (Å²) in [5.74, 6) is -2.67. The summed E-state index contributed by atoms with van der Waals surface area (Å²) in [4.78, 5) is 36.8. The van der Waals surface area contributed by atoms with Crippen molar-refractivity contribution < 1.29 is 28.6 Å². The molecule has 0 aliphatic carbocycles. The summed E-state index contributed by atoms with van der Waals surface area (Å²) in [5, 5.41) is 16.5. The molecule has 1 heterocycles. The third kappa shape index (κ3) is 6.66. The van der Waals surface area contributed by atoms with E-state index in [4.69, 9.17) is 16.3 Å². The van der Waals surface area contributed by atoms with Crippen molar-refractivity contribution >= 4 is 29.3 Å². The maximum atomic E-state index is 14.5. The molecule has 3 rings (SSSR count). The molecule has 0 saturated carbocycles. The highest BCUT2D eigenvalue weighted by atomic mass is 35.5. The van der Waals surface area contributed by atoms with Crippen molar-refractivity contribution in [2.75, 3.05) is 6.61 Å². The lowest BCUT2D eigenvalue weighted by molar-refractivity contribution is -0.137. The number of rotatable bonds is 9. The second kappa shape index (κ2) is 10.7. The predicted octanol–water partition coefficient (Wildman–Crippen LogP) is 4.60. The number of aromatic nitrogens is 2. The van der Waals surface area contributed by atoms with Crippen LogP contribution in [0.2, 0.25) is 5.02 Å². The maximum Gasteiger partial charge on any atom is 0.305 e. The third-order valence-corrected chi connectivity index (χ3v) is 5.35. The van der Waals surface area contributed by atoms with Gasteiger partial charge in [0.05, 0.1) is 12.5 Å². The second-order valence-corrected chi connectivity index (χ2v) is 9.31. The molecule has 1 amide bonds. The van der Waals surface area contributed by atoms with Gasteiger partial charge >= 0.3 is 5.97 Å². The number of para-hydroxylation sites is 1. The first-order valence-corrected chi connectivity index (χ1v) is 11.1. The minimum Gasteiger partial charge on any atom is -0.481 e. The van der Waals surface area contributed by atoms with E-state index >= 15 is 0 Å². The number of carboxylic acids is 1. The highest BCUT2D eigenvalue weighted by Gasteiger charge is 2.26. The number of aliphatic carboxylic acids is 1. The van der Waals surface area contributed by atoms with Crippen LogP contribution in [0.5, 0.6) is 5.88 Å². The number of hydrogen-bond acceptors (Lipinski definition) is 5. The Bertz CT molecular complexity index is 1250. The molecule has 8 nitrogen and oxygen atoms in total. The fourth-order valence-electron chi connectivity index (χ4n) is 3.11. The number of ketones is 1. The first kappa shape index (κ1) is 25.9. The highest BCUT2D eigenvalue weighted by Crippen LogP contribution is 2.25. The van der Waals surface area contributed by atoms with E-state index in [0.29, 0.717) is 10.6 Å². The molecule has 1 aromatic heterocycles. The molecule has 0 aliphatic heterocycles. The van der Waals surface area contributed by atoms with Crippen LogP contribution in [0.4, 0.5) is 4.39 Å². The summed E-state index contributed by atoms with van der Waals surface area (Å²) in [7, 11) is 0. The minimum absolute atomic E-state index is 0.0154. The fraction of sp³-hybridized carbons (Fsp3) is 0.280. The summed E-state index contributed by atoms with van der Waals surface area (Å²) in [5.41, 5.74) is -0.302. The Morgan fingerprint density at radius 3 is 2.49 bits per heavy atom. The number of carbonyl (C=O) groups is 3. The number of ether oxygens (including phenoxy) is 1. The SMILES string of the molecule is CC(C)(C)C(=O)COc1cc(C(=O)NC(CC(=O)O)c2cccc(Cl)c2)nn1-c1ccccc1F. The van der Waals surface area contributed by atoms with Gasteiger partial charge in [-0.05, 0) is 29.8 Å². The number of hydrogen-bond donors (Lipinski definition) is 2. The standard InChI is InChI=1S/C25H25ClFN3O5/c1-25(2,3)21(31)14-35-22-12-19(29-30(22)20-10-5-4-9-17(20)27)24(34)28-18(13-23(32)33)15-7-6-8-16(26)11-15/h4-12,18H,13-14H2,1-3H3,(H,28,34)(H,32,33). The third-order valence-electron chi connectivity index (χ3n) is 5.11. The topological polar surface area (TPSA) is 111 Å². The molecule has 35 heavy (non-hydrogen) atoms. The zero-order valence-electron chi connectivity index (χ0n) is 19.4. The van der Waals surface area contributed by atoms with Crippen molar-refractivity contribution in [1.29, 1.82) is 0 Å². The monoisotopic (exact) mass is 501 g/mol. The number of benzene rings is 2. The molecule has 3 aromatic rings. The van der Waals surface area contributed by atoms with E-state index in [1.54, 1.807) is 51.1 Å². The average Bonchev–Trinajstić information content (AvgIpc) is 3.20. The lowest BCUT2D eigenvalue weighted by Gasteiger charge is -2.17. The zero-order valence-corrected chi connectivity index (χ0v) is 20.2. The number of nitrogens with zero attached hydrogens (tertiary/aromatic N) is 2. The quantitative estimate of drug-likeness (QED) is 0.443. The van der Waals surface area contributed by atoms with Crippen LogP contribution in [0, 0.1) is 11.2 Å². The van der Waals surface area contributed by atoms with Crippen LogP contribution in [0.25, 0.3) is 5.69 Å². The highest BCUT2D eigenvalue weighted by molar-refractivity contribution is 6.30. The lowest BCUT2D eigenvalue weighted by Crippen LogP contribution is -2.30. The van der Waals surface area contributed by atoms with Crippen LogP contribution in [0.15, 0.2) is 54.6 Å². The largest absolute Gasteiger partial charge is 0.481 e. The fourth-order valence-corrected chi connectivity index (χ4v) is 3.31. The van der Waals surface area contributed by atoms with Crippen molar-refractivity contribution in [3.05, 3.63) is 76.7 Å². The molecule has 10 heteroatoms. The average molecular weight is 502 g/mol. The smallest absolute Gasteiger partial charge is 0.305 e. The molecule has 0 aliphatic rings. The molecule has 184 valence electrons. The van der Waals surface area contributed by atoms with E-state index in [1.807, 2.05) is 0 Å². The van der Waals surface area contributed by atoms with E-state index in [0.717, 1.165) is 4.68 Å². The second-order valence-electron chi connectivity index (χ2n) is 8.87. The zero-order chi connectivity index (χ0) is 25.8. The van der Waals surface area contributed by atoms with Gasteiger partial charge in [-0.1, -0.05) is 56.6 Å². The van der Waals surface area contributed by atoms with Gasteiger partial charge in [-0.3, -0.25) is 14.4 Å². The van der Waals surface area contributed by atoms with Gasteiger partial charge in [-0.2, -0.15) is 9.78 Å². The van der Waals surface area contributed by atoms with Crippen LogP contribution in [-0.4, -0.2) is 39.2 Å². The van der Waals surface area contributed by atoms with Crippen molar-refractivity contribution in [3.8, 4) is 11.6 Å². The summed E-state index contributed by atoms with van der Waals surface area (Å²) >= 11 is 6.02. The normalized spacial score (nSPS) is 12.1. The number of carbonyl (C=O) groups excluding carboxylic acids is 2. The molecule has 0 saturated heterocycles. The Morgan fingerprint density at radius 2 is 1.86 bits per heavy atom. The molecule has 1 atom stereocenters. The van der Waals surface area contributed by atoms with Crippen LogP contribution < -0.4 is 10.1 Å². The van der Waals surface area contributed by atoms with Gasteiger partial charge < -0.3 is 15.2 Å². The maximum absolute atomic E-state index is 14.5. The predicted molar refractivity (Wildman–Crippen MR) is 127 cm³/mol. The Balaban J connectivity index is 1.94. The van der Waals surface area contributed by atoms with Gasteiger partial charge in [0.2, 0.25) is 5.88 Å². The Morgan fingerprint density at radius 1 is 1.14 bits per heavy atom. The molecule has 0 radical (unpaired) electrons. The number of nitrogens with one attached hydrogen (secondary N) is 1. The Kier molecular flexibility index (Phi) is 7.91. The Hall–Kier alpha value is -3.72. The number of amides is 1. The van der Waals surface area contributed by atoms with E-state index in [-0.39, 0.29) is 29.7 Å². The molecule has 2 aromatic carbocycles. The minimum atomic E-state index is -1.13. The van der Waals surface area contributed by atoms with E-state index in [1.165, 1.54) is 24.3 Å². The van der Waals surface area contributed by atoms with Gasteiger partial charge in [0.15, 0.2) is 11.5 Å². The van der Waals surface area contributed by atoms with Gasteiger partial charge in [-0.15, -0.1) is 0 Å². The molecule has 0 bridgehead atoms. The summed E-state index contributed by atoms with van der Waals surface area (Å²) in [6.07, 6.45) is -0.399. The Labute approximate surface area is 206 Å². The molecule has 0 spiro atoms. The summed E-state index contributed by atoms with van der Waals surface area (Å²) in [6, 6.07) is 12.6. The first-order valence-electron chi connectivity index (χ1n) is 10.7. The van der Waals surface area contributed by atoms with Crippen molar-refractivity contribution in [1.82, 2.24) is 15.1 Å². The lowest BCUT2D eigenvalue weighted by atomic mass is 9.91. The first-order chi connectivity index (χ1) is 16.5. The van der Waals surface area contributed by atoms with E-state index < -0.39 is 35.6 Å². The van der Waals surface area contributed by atoms with E-state index in [9.17, 15) is 23.9 Å². The summed E-state index contributed by atoms with van der Waals surface area (Å²) in [6.45, 7) is 4.91. The molecular weight excluding hydrogens is 477 g/mol. The van der Waals surface area contributed by atoms with Gasteiger partial charge in [-0.25, -0.2) is 4.39 Å². The number of Topliss-reactive ketones (excluding diaryl/α,β-unsaturated/α-hetero) is 1. The van der Waals surface area contributed by atoms with Crippen molar-refractivity contribution in [2.24, 2.45) is 5.41 Å². The van der Waals surface area contributed by atoms with Gasteiger partial charge in [0.25, 0.3) is 5.91 Å². The van der Waals surface area contributed by atoms with Gasteiger partial charge in [0.1, 0.15) is 18.1 Å². The van der Waals surface area contributed by atoms with Crippen LogP contribution in [0.1, 0.15) is 49.3 Å². The summed E-state index contributed by atoms with van der Waals surface area (Å²) < 4.78 is 21.2. The van der Waals surface area contributed by atoms with Crippen LogP contribution >= 0.6 is 11.6 Å². The van der Waals surface area contributed by atoms with E-state index in [2.05, 4.69) is 10.4 Å². The van der Waals surface area contributed by atoms with Crippen LogP contribution in [0.3, 0.4) is 0 Å². The molecular formula is C25H25ClFN3O5. The number of halogens is 2. The van der Waals surface area contributed by atoms with Crippen molar-refractivity contribution in [2.45, 2.75) is 33.2 Å². The van der Waals surface area contributed by atoms with Gasteiger partial charge in [0, 0.05) is 16.5 Å². The molecule has 2 N–H and O–H groups in total. The van der Waals surface area contributed by atoms with Crippen molar-refractivity contribution in [3.63, 3.8) is 0 Å². The molecule has 0 fully saturated rings. The molecule has 1 unspecified atom stereocenters.